The molecule has 26 heavy (non-hydrogen) atoms. The number of halogens is 1. The van der Waals surface area contributed by atoms with Gasteiger partial charge in [0, 0.05) is 39.2 Å². The van der Waals surface area contributed by atoms with Gasteiger partial charge in [-0.05, 0) is 35.8 Å². The van der Waals surface area contributed by atoms with Crippen LogP contribution in [0.4, 0.5) is 0 Å². The second-order valence-electron chi connectivity index (χ2n) is 8.43. The number of hydrogen-bond donors (Lipinski definition) is 1. The van der Waals surface area contributed by atoms with E-state index in [2.05, 4.69) is 60.2 Å². The Morgan fingerprint density at radius 1 is 1.27 bits per heavy atom. The first-order valence-electron chi connectivity index (χ1n) is 9.63. The molecule has 0 aromatic heterocycles. The molecule has 5 heteroatoms. The molecule has 1 aromatic rings. The Bertz CT molecular complexity index is 612. The zero-order chi connectivity index (χ0) is 17.9. The molecular weight excluding hydrogens is 437 g/mol. The predicted octanol–water partition coefficient (Wildman–Crippen LogP) is 4.08. The summed E-state index contributed by atoms with van der Waals surface area (Å²) in [6, 6.07) is 8.75. The number of benzene rings is 1. The summed E-state index contributed by atoms with van der Waals surface area (Å²) in [7, 11) is 1.89. The Labute approximate surface area is 175 Å². The molecule has 1 fully saturated rings. The van der Waals surface area contributed by atoms with Crippen LogP contribution in [0.2, 0.25) is 0 Å². The SMILES string of the molecule is CN=C(NCC1CCCOC1C(C)(C)C)N1CCc2ccccc2C1.I. The Morgan fingerprint density at radius 2 is 2.00 bits per heavy atom. The Balaban J connectivity index is 0.00000243. The second-order valence-corrected chi connectivity index (χ2v) is 8.43. The largest absolute Gasteiger partial charge is 0.377 e. The number of fused-ring (bicyclic) bond motifs is 1. The number of hydrogen-bond acceptors (Lipinski definition) is 2. The molecule has 0 aliphatic carbocycles. The summed E-state index contributed by atoms with van der Waals surface area (Å²) < 4.78 is 6.12. The van der Waals surface area contributed by atoms with E-state index in [4.69, 9.17) is 4.74 Å². The first-order valence-corrected chi connectivity index (χ1v) is 9.63. The third kappa shape index (κ3) is 5.12. The highest BCUT2D eigenvalue weighted by Gasteiger charge is 2.35. The number of nitrogens with zero attached hydrogens (tertiary/aromatic N) is 2. The van der Waals surface area contributed by atoms with Crippen LogP contribution in [-0.2, 0) is 17.7 Å². The lowest BCUT2D eigenvalue weighted by atomic mass is 9.78. The van der Waals surface area contributed by atoms with Crippen LogP contribution in [0.25, 0.3) is 0 Å². The van der Waals surface area contributed by atoms with Crippen molar-refractivity contribution >= 4 is 29.9 Å². The van der Waals surface area contributed by atoms with Gasteiger partial charge in [-0.15, -0.1) is 24.0 Å². The van der Waals surface area contributed by atoms with E-state index >= 15 is 0 Å². The normalized spacial score (nSPS) is 23.8. The van der Waals surface area contributed by atoms with Gasteiger partial charge in [-0.2, -0.15) is 0 Å². The van der Waals surface area contributed by atoms with Gasteiger partial charge < -0.3 is 15.0 Å². The van der Waals surface area contributed by atoms with E-state index in [-0.39, 0.29) is 29.4 Å². The lowest BCUT2D eigenvalue weighted by molar-refractivity contribution is -0.0836. The molecule has 3 rings (SSSR count). The first kappa shape index (κ1) is 21.5. The van der Waals surface area contributed by atoms with Gasteiger partial charge in [0.25, 0.3) is 0 Å². The van der Waals surface area contributed by atoms with Crippen molar-refractivity contribution in [3.05, 3.63) is 35.4 Å². The van der Waals surface area contributed by atoms with Gasteiger partial charge in [-0.3, -0.25) is 4.99 Å². The van der Waals surface area contributed by atoms with E-state index in [1.54, 1.807) is 0 Å². The molecule has 146 valence electrons. The molecule has 0 spiro atoms. The maximum Gasteiger partial charge on any atom is 0.193 e. The van der Waals surface area contributed by atoms with Crippen molar-refractivity contribution in [3.63, 3.8) is 0 Å². The number of rotatable bonds is 2. The van der Waals surface area contributed by atoms with Crippen molar-refractivity contribution < 1.29 is 4.74 Å². The summed E-state index contributed by atoms with van der Waals surface area (Å²) >= 11 is 0. The average molecular weight is 471 g/mol. The molecule has 0 saturated carbocycles. The van der Waals surface area contributed by atoms with Gasteiger partial charge in [-0.25, -0.2) is 0 Å². The van der Waals surface area contributed by atoms with Crippen LogP contribution >= 0.6 is 24.0 Å². The van der Waals surface area contributed by atoms with Crippen molar-refractivity contribution in [2.45, 2.75) is 52.7 Å². The molecule has 1 N–H and O–H groups in total. The average Bonchev–Trinajstić information content (AvgIpc) is 2.61. The van der Waals surface area contributed by atoms with E-state index in [1.165, 1.54) is 17.5 Å². The second kappa shape index (κ2) is 9.40. The third-order valence-corrected chi connectivity index (χ3v) is 5.46. The van der Waals surface area contributed by atoms with Gasteiger partial charge in [0.05, 0.1) is 6.10 Å². The highest BCUT2D eigenvalue weighted by molar-refractivity contribution is 14.0. The Hall–Kier alpha value is -0.820. The molecule has 1 aromatic carbocycles. The lowest BCUT2D eigenvalue weighted by Crippen LogP contribution is -2.49. The summed E-state index contributed by atoms with van der Waals surface area (Å²) in [4.78, 5) is 6.92. The number of aliphatic imine (C=N–C) groups is 1. The zero-order valence-corrected chi connectivity index (χ0v) is 19.0. The Morgan fingerprint density at radius 3 is 2.69 bits per heavy atom. The molecule has 2 aliphatic heterocycles. The Kier molecular flexibility index (Phi) is 7.76. The zero-order valence-electron chi connectivity index (χ0n) is 16.6. The van der Waals surface area contributed by atoms with Gasteiger partial charge in [-0.1, -0.05) is 45.0 Å². The van der Waals surface area contributed by atoms with Crippen LogP contribution in [0, 0.1) is 11.3 Å². The van der Waals surface area contributed by atoms with E-state index in [9.17, 15) is 0 Å². The van der Waals surface area contributed by atoms with Crippen molar-refractivity contribution in [3.8, 4) is 0 Å². The minimum atomic E-state index is 0. The van der Waals surface area contributed by atoms with Crippen LogP contribution in [0.3, 0.4) is 0 Å². The third-order valence-electron chi connectivity index (χ3n) is 5.46. The van der Waals surface area contributed by atoms with Crippen molar-refractivity contribution in [1.29, 1.82) is 0 Å². The minimum absolute atomic E-state index is 0. The first-order chi connectivity index (χ1) is 12.0. The number of ether oxygens (including phenoxy) is 1. The molecule has 2 aliphatic rings. The minimum Gasteiger partial charge on any atom is -0.377 e. The molecule has 2 atom stereocenters. The number of nitrogens with one attached hydrogen (secondary N) is 1. The topological polar surface area (TPSA) is 36.9 Å². The van der Waals surface area contributed by atoms with Gasteiger partial charge in [0.15, 0.2) is 5.96 Å². The molecule has 4 nitrogen and oxygen atoms in total. The molecule has 2 unspecified atom stereocenters. The molecule has 0 radical (unpaired) electrons. The maximum atomic E-state index is 6.12. The summed E-state index contributed by atoms with van der Waals surface area (Å²) in [5, 5.41) is 3.64. The van der Waals surface area contributed by atoms with E-state index in [0.29, 0.717) is 12.0 Å². The molecule has 2 heterocycles. The highest BCUT2D eigenvalue weighted by Crippen LogP contribution is 2.33. The summed E-state index contributed by atoms with van der Waals surface area (Å²) in [5.41, 5.74) is 3.08. The molecular formula is C21H34IN3O. The van der Waals surface area contributed by atoms with Crippen LogP contribution in [0.15, 0.2) is 29.3 Å². The van der Waals surface area contributed by atoms with E-state index in [0.717, 1.165) is 45.0 Å². The smallest absolute Gasteiger partial charge is 0.193 e. The summed E-state index contributed by atoms with van der Waals surface area (Å²) in [5.74, 6) is 1.57. The quantitative estimate of drug-likeness (QED) is 0.401. The fraction of sp³-hybridized carbons (Fsp3) is 0.667. The molecule has 0 amide bonds. The summed E-state index contributed by atoms with van der Waals surface area (Å²) in [6.07, 6.45) is 3.80. The number of guanidine groups is 1. The van der Waals surface area contributed by atoms with Crippen molar-refractivity contribution in [1.82, 2.24) is 10.2 Å². The van der Waals surface area contributed by atoms with Crippen LogP contribution in [-0.4, -0.2) is 43.7 Å². The van der Waals surface area contributed by atoms with Crippen LogP contribution in [0.1, 0.15) is 44.7 Å². The van der Waals surface area contributed by atoms with E-state index < -0.39 is 0 Å². The van der Waals surface area contributed by atoms with Crippen LogP contribution < -0.4 is 5.32 Å². The molecule has 1 saturated heterocycles. The fourth-order valence-corrected chi connectivity index (χ4v) is 4.24. The predicted molar refractivity (Wildman–Crippen MR) is 119 cm³/mol. The monoisotopic (exact) mass is 471 g/mol. The summed E-state index contributed by atoms with van der Waals surface area (Å²) in [6.45, 7) is 10.7. The van der Waals surface area contributed by atoms with Gasteiger partial charge >= 0.3 is 0 Å². The van der Waals surface area contributed by atoms with E-state index in [1.807, 2.05) is 7.05 Å². The fourth-order valence-electron chi connectivity index (χ4n) is 4.24. The van der Waals surface area contributed by atoms with Crippen molar-refractivity contribution in [2.75, 3.05) is 26.7 Å². The van der Waals surface area contributed by atoms with Gasteiger partial charge in [0.2, 0.25) is 0 Å². The molecule has 0 bridgehead atoms. The van der Waals surface area contributed by atoms with Crippen molar-refractivity contribution in [2.24, 2.45) is 16.3 Å². The highest BCUT2D eigenvalue weighted by atomic mass is 127. The lowest BCUT2D eigenvalue weighted by Gasteiger charge is -2.41. The standard InChI is InChI=1S/C21H33N3O.HI/c1-21(2,3)19-17(10-7-13-25-19)14-23-20(22-4)24-12-11-16-8-5-6-9-18(16)15-24;/h5-6,8-9,17,19H,7,10-15H2,1-4H3,(H,22,23);1H. The van der Waals surface area contributed by atoms with Gasteiger partial charge in [0.1, 0.15) is 0 Å². The maximum absolute atomic E-state index is 6.12. The van der Waals surface area contributed by atoms with Crippen LogP contribution in [0.5, 0.6) is 0 Å².